The third-order valence-corrected chi connectivity index (χ3v) is 4.41. The topological polar surface area (TPSA) is 54.7 Å². The molecular weight excluding hydrogens is 318 g/mol. The van der Waals surface area contributed by atoms with Gasteiger partial charge in [-0.2, -0.15) is 5.10 Å². The van der Waals surface area contributed by atoms with E-state index in [0.29, 0.717) is 0 Å². The van der Waals surface area contributed by atoms with Crippen LogP contribution in [0.1, 0.15) is 22.4 Å². The molecule has 0 aliphatic rings. The smallest absolute Gasteiger partial charge is 0.0927 e. The van der Waals surface area contributed by atoms with Crippen LogP contribution in [0, 0.1) is 0 Å². The van der Waals surface area contributed by atoms with E-state index in [1.807, 2.05) is 48.5 Å². The van der Waals surface area contributed by atoms with Gasteiger partial charge in [-0.15, -0.1) is 0 Å². The first-order valence-electron chi connectivity index (χ1n) is 8.47. The molecule has 0 unspecified atom stereocenters. The van der Waals surface area contributed by atoms with E-state index in [-0.39, 0.29) is 0 Å². The second kappa shape index (κ2) is 6.73. The summed E-state index contributed by atoms with van der Waals surface area (Å²) in [6, 6.07) is 24.2. The Kier molecular flexibility index (Phi) is 4.12. The average molecular weight is 337 g/mol. The number of benzene rings is 3. The van der Waals surface area contributed by atoms with Crippen LogP contribution in [-0.2, 0) is 0 Å². The minimum atomic E-state index is 0.736. The zero-order chi connectivity index (χ0) is 17.9. The molecule has 0 saturated heterocycles. The van der Waals surface area contributed by atoms with E-state index in [4.69, 9.17) is 5.73 Å². The standard InChI is InChI=1S/C23H19N3/c1-16(18-8-5-9-20(24)14-18)19-11-12-21-22(25-26-23(21)15-19)13-10-17-6-3-2-4-7-17/h2-15H,1,24H2,(H,25,26). The first-order chi connectivity index (χ1) is 12.7. The summed E-state index contributed by atoms with van der Waals surface area (Å²) < 4.78 is 0. The molecule has 0 amide bonds. The molecular formula is C23H19N3. The molecule has 0 aliphatic heterocycles. The summed E-state index contributed by atoms with van der Waals surface area (Å²) in [6.45, 7) is 4.22. The number of nitrogens with two attached hydrogens (primary N) is 1. The number of nitrogen functional groups attached to an aromatic ring is 1. The minimum absolute atomic E-state index is 0.736. The molecule has 0 radical (unpaired) electrons. The summed E-state index contributed by atoms with van der Waals surface area (Å²) >= 11 is 0. The minimum Gasteiger partial charge on any atom is -0.399 e. The number of nitrogens with one attached hydrogen (secondary N) is 1. The number of H-pyrrole nitrogens is 1. The maximum absolute atomic E-state index is 5.88. The first-order valence-corrected chi connectivity index (χ1v) is 8.47. The monoisotopic (exact) mass is 337 g/mol. The molecule has 26 heavy (non-hydrogen) atoms. The maximum Gasteiger partial charge on any atom is 0.0927 e. The van der Waals surface area contributed by atoms with Crippen molar-refractivity contribution in [3.05, 3.63) is 102 Å². The largest absolute Gasteiger partial charge is 0.399 e. The number of hydrogen-bond donors (Lipinski definition) is 2. The Hall–Kier alpha value is -3.59. The van der Waals surface area contributed by atoms with Crippen molar-refractivity contribution in [1.29, 1.82) is 0 Å². The molecule has 3 N–H and O–H groups in total. The molecule has 0 spiro atoms. The molecule has 4 rings (SSSR count). The molecule has 1 heterocycles. The van der Waals surface area contributed by atoms with Crippen LogP contribution in [0.25, 0.3) is 28.6 Å². The Labute approximate surface area is 152 Å². The highest BCUT2D eigenvalue weighted by Gasteiger charge is 2.07. The van der Waals surface area contributed by atoms with Gasteiger partial charge in [-0.25, -0.2) is 0 Å². The number of aromatic nitrogens is 2. The van der Waals surface area contributed by atoms with Crippen LogP contribution in [-0.4, -0.2) is 10.2 Å². The van der Waals surface area contributed by atoms with Crippen LogP contribution in [0.3, 0.4) is 0 Å². The van der Waals surface area contributed by atoms with Crippen molar-refractivity contribution in [3.63, 3.8) is 0 Å². The van der Waals surface area contributed by atoms with Gasteiger partial charge < -0.3 is 5.73 Å². The van der Waals surface area contributed by atoms with Crippen molar-refractivity contribution < 1.29 is 0 Å². The molecule has 0 aliphatic carbocycles. The summed E-state index contributed by atoms with van der Waals surface area (Å²) in [7, 11) is 0. The van der Waals surface area contributed by atoms with Crippen molar-refractivity contribution in [1.82, 2.24) is 10.2 Å². The fraction of sp³-hybridized carbons (Fsp3) is 0. The molecule has 0 fully saturated rings. The number of fused-ring (bicyclic) bond motifs is 1. The van der Waals surface area contributed by atoms with E-state index < -0.39 is 0 Å². The number of hydrogen-bond acceptors (Lipinski definition) is 2. The fourth-order valence-corrected chi connectivity index (χ4v) is 2.99. The predicted octanol–water partition coefficient (Wildman–Crippen LogP) is 5.38. The second-order valence-electron chi connectivity index (χ2n) is 6.22. The fourth-order valence-electron chi connectivity index (χ4n) is 2.99. The van der Waals surface area contributed by atoms with Crippen LogP contribution >= 0.6 is 0 Å². The van der Waals surface area contributed by atoms with Crippen LogP contribution in [0.4, 0.5) is 5.69 Å². The number of nitrogens with zero attached hydrogens (tertiary/aromatic N) is 1. The van der Waals surface area contributed by atoms with Gasteiger partial charge in [-0.1, -0.05) is 61.2 Å². The van der Waals surface area contributed by atoms with Crippen molar-refractivity contribution in [2.24, 2.45) is 0 Å². The van der Waals surface area contributed by atoms with Crippen molar-refractivity contribution in [3.8, 4) is 0 Å². The van der Waals surface area contributed by atoms with E-state index in [2.05, 4.69) is 53.2 Å². The van der Waals surface area contributed by atoms with E-state index in [1.165, 1.54) is 0 Å². The van der Waals surface area contributed by atoms with E-state index in [1.54, 1.807) is 0 Å². The normalized spacial score (nSPS) is 11.2. The predicted molar refractivity (Wildman–Crippen MR) is 110 cm³/mol. The van der Waals surface area contributed by atoms with Gasteiger partial charge >= 0.3 is 0 Å². The van der Waals surface area contributed by atoms with Crippen molar-refractivity contribution in [2.45, 2.75) is 0 Å². The van der Waals surface area contributed by atoms with Crippen LogP contribution in [0.15, 0.2) is 79.4 Å². The van der Waals surface area contributed by atoms with E-state index >= 15 is 0 Å². The van der Waals surface area contributed by atoms with Crippen LogP contribution < -0.4 is 5.73 Å². The number of aromatic amines is 1. The van der Waals surface area contributed by atoms with E-state index in [0.717, 1.165) is 44.5 Å². The Balaban J connectivity index is 1.65. The molecule has 4 aromatic rings. The molecule has 1 aromatic heterocycles. The van der Waals surface area contributed by atoms with Crippen LogP contribution in [0.5, 0.6) is 0 Å². The van der Waals surface area contributed by atoms with Crippen LogP contribution in [0.2, 0.25) is 0 Å². The highest BCUT2D eigenvalue weighted by atomic mass is 15.1. The SMILES string of the molecule is C=C(c1cccc(N)c1)c1ccc2c(C=Cc3ccccc3)n[nH]c2c1. The molecule has 3 nitrogen and oxygen atoms in total. The van der Waals surface area contributed by atoms with Gasteiger partial charge in [0.1, 0.15) is 0 Å². The molecule has 0 bridgehead atoms. The highest BCUT2D eigenvalue weighted by molar-refractivity contribution is 5.92. The third-order valence-electron chi connectivity index (χ3n) is 4.41. The molecule has 0 saturated carbocycles. The lowest BCUT2D eigenvalue weighted by Gasteiger charge is -2.07. The van der Waals surface area contributed by atoms with Gasteiger partial charge in [0.15, 0.2) is 0 Å². The van der Waals surface area contributed by atoms with Gasteiger partial charge in [0.2, 0.25) is 0 Å². The highest BCUT2D eigenvalue weighted by Crippen LogP contribution is 2.27. The maximum atomic E-state index is 5.88. The van der Waals surface area contributed by atoms with Gasteiger partial charge in [0.05, 0.1) is 11.2 Å². The summed E-state index contributed by atoms with van der Waals surface area (Å²) in [6.07, 6.45) is 4.09. The Bertz CT molecular complexity index is 1100. The van der Waals surface area contributed by atoms with Gasteiger partial charge in [-0.05, 0) is 52.6 Å². The molecule has 0 atom stereocenters. The Morgan fingerprint density at radius 1 is 0.885 bits per heavy atom. The second-order valence-corrected chi connectivity index (χ2v) is 6.22. The molecule has 3 heteroatoms. The summed E-state index contributed by atoms with van der Waals surface area (Å²) in [5.74, 6) is 0. The zero-order valence-corrected chi connectivity index (χ0v) is 14.3. The summed E-state index contributed by atoms with van der Waals surface area (Å²) in [4.78, 5) is 0. The Morgan fingerprint density at radius 2 is 1.69 bits per heavy atom. The zero-order valence-electron chi connectivity index (χ0n) is 14.3. The number of rotatable bonds is 4. The van der Waals surface area contributed by atoms with Gasteiger partial charge in [0.25, 0.3) is 0 Å². The Morgan fingerprint density at radius 3 is 2.50 bits per heavy atom. The van der Waals surface area contributed by atoms with Gasteiger partial charge in [0, 0.05) is 11.1 Å². The molecule has 126 valence electrons. The lowest BCUT2D eigenvalue weighted by atomic mass is 9.98. The summed E-state index contributed by atoms with van der Waals surface area (Å²) in [5, 5.41) is 8.64. The number of anilines is 1. The average Bonchev–Trinajstić information content (AvgIpc) is 3.09. The van der Waals surface area contributed by atoms with E-state index in [9.17, 15) is 0 Å². The summed E-state index contributed by atoms with van der Waals surface area (Å²) in [5.41, 5.74) is 12.7. The quantitative estimate of drug-likeness (QED) is 0.491. The van der Waals surface area contributed by atoms with Crippen molar-refractivity contribution >= 4 is 34.3 Å². The molecule has 3 aromatic carbocycles. The lowest BCUT2D eigenvalue weighted by molar-refractivity contribution is 1.11. The van der Waals surface area contributed by atoms with Gasteiger partial charge in [-0.3, -0.25) is 5.10 Å². The third kappa shape index (κ3) is 3.15. The first kappa shape index (κ1) is 15.9. The van der Waals surface area contributed by atoms with Crippen molar-refractivity contribution in [2.75, 3.05) is 5.73 Å². The lowest BCUT2D eigenvalue weighted by Crippen LogP contribution is -1.89.